The average molecular weight is 374 g/mol. The van der Waals surface area contributed by atoms with Crippen LogP contribution >= 0.6 is 12.4 Å². The second kappa shape index (κ2) is 8.29. The van der Waals surface area contributed by atoms with E-state index in [2.05, 4.69) is 31.0 Å². The van der Waals surface area contributed by atoms with Crippen molar-refractivity contribution in [2.45, 2.75) is 6.54 Å². The van der Waals surface area contributed by atoms with E-state index in [0.717, 1.165) is 49.7 Å². The van der Waals surface area contributed by atoms with Crippen molar-refractivity contribution >= 4 is 18.1 Å². The maximum absolute atomic E-state index is 13.2. The maximum Gasteiger partial charge on any atom is 0.123 e. The number of hydrogen-bond donors (Lipinski definition) is 1. The van der Waals surface area contributed by atoms with Crippen LogP contribution in [0, 0.1) is 5.82 Å². The highest BCUT2D eigenvalue weighted by atomic mass is 35.5. The summed E-state index contributed by atoms with van der Waals surface area (Å²) in [7, 11) is 0. The van der Waals surface area contributed by atoms with Crippen molar-refractivity contribution < 1.29 is 4.39 Å². The van der Waals surface area contributed by atoms with Gasteiger partial charge in [0.15, 0.2) is 0 Å². The molecule has 0 atom stereocenters. The van der Waals surface area contributed by atoms with E-state index in [1.54, 1.807) is 18.3 Å². The Labute approximate surface area is 158 Å². The van der Waals surface area contributed by atoms with Crippen molar-refractivity contribution in [3.05, 3.63) is 66.4 Å². The number of H-pyrrole nitrogens is 1. The van der Waals surface area contributed by atoms with Gasteiger partial charge in [0.25, 0.3) is 0 Å². The minimum atomic E-state index is -0.228. The molecule has 1 aliphatic rings. The zero-order chi connectivity index (χ0) is 17.1. The van der Waals surface area contributed by atoms with Gasteiger partial charge in [0.1, 0.15) is 5.82 Å². The van der Waals surface area contributed by atoms with Gasteiger partial charge in [-0.25, -0.2) is 4.39 Å². The van der Waals surface area contributed by atoms with E-state index in [1.165, 1.54) is 17.7 Å². The minimum Gasteiger partial charge on any atom is -0.367 e. The summed E-state index contributed by atoms with van der Waals surface area (Å²) in [5.41, 5.74) is 4.17. The first-order valence-electron chi connectivity index (χ1n) is 8.45. The van der Waals surface area contributed by atoms with Gasteiger partial charge < -0.3 is 4.90 Å². The molecule has 0 unspecified atom stereocenters. The number of hydrogen-bond acceptors (Lipinski definition) is 4. The molecule has 1 aromatic carbocycles. The van der Waals surface area contributed by atoms with Gasteiger partial charge >= 0.3 is 0 Å². The number of anilines is 1. The van der Waals surface area contributed by atoms with Crippen molar-refractivity contribution in [2.24, 2.45) is 0 Å². The van der Waals surface area contributed by atoms with Crippen LogP contribution in [-0.2, 0) is 6.54 Å². The smallest absolute Gasteiger partial charge is 0.123 e. The number of nitrogens with one attached hydrogen (secondary N) is 1. The van der Waals surface area contributed by atoms with Crippen molar-refractivity contribution in [1.82, 2.24) is 20.1 Å². The first-order valence-corrected chi connectivity index (χ1v) is 8.45. The molecule has 0 saturated carbocycles. The minimum absolute atomic E-state index is 0. The number of aromatic nitrogens is 3. The lowest BCUT2D eigenvalue weighted by molar-refractivity contribution is 0.250. The summed E-state index contributed by atoms with van der Waals surface area (Å²) in [6, 6.07) is 10.6. The Balaban J connectivity index is 0.00000196. The molecule has 0 radical (unpaired) electrons. The summed E-state index contributed by atoms with van der Waals surface area (Å²) < 4.78 is 13.2. The second-order valence-corrected chi connectivity index (χ2v) is 6.25. The zero-order valence-corrected chi connectivity index (χ0v) is 15.1. The number of nitrogens with zero attached hydrogens (tertiary/aromatic N) is 4. The third-order valence-electron chi connectivity index (χ3n) is 4.58. The molecule has 1 saturated heterocycles. The molecular weight excluding hydrogens is 353 g/mol. The lowest BCUT2D eigenvalue weighted by Crippen LogP contribution is -2.46. The lowest BCUT2D eigenvalue weighted by Gasteiger charge is -2.36. The molecule has 1 N–H and O–H groups in total. The Morgan fingerprint density at radius 3 is 2.50 bits per heavy atom. The molecule has 0 amide bonds. The van der Waals surface area contributed by atoms with Crippen LogP contribution in [0.2, 0.25) is 0 Å². The topological polar surface area (TPSA) is 48.1 Å². The highest BCUT2D eigenvalue weighted by Crippen LogP contribution is 2.29. The molecule has 3 aromatic rings. The van der Waals surface area contributed by atoms with E-state index in [-0.39, 0.29) is 18.2 Å². The van der Waals surface area contributed by atoms with Crippen LogP contribution in [-0.4, -0.2) is 46.3 Å². The summed E-state index contributed by atoms with van der Waals surface area (Å²) in [5.74, 6) is -0.228. The summed E-state index contributed by atoms with van der Waals surface area (Å²) >= 11 is 0. The van der Waals surface area contributed by atoms with Crippen LogP contribution in [0.5, 0.6) is 0 Å². The molecule has 3 heterocycles. The molecule has 2 aromatic heterocycles. The second-order valence-electron chi connectivity index (χ2n) is 6.25. The van der Waals surface area contributed by atoms with Crippen LogP contribution in [0.3, 0.4) is 0 Å². The predicted octanol–water partition coefficient (Wildman–Crippen LogP) is 3.35. The van der Waals surface area contributed by atoms with Gasteiger partial charge in [-0.3, -0.25) is 15.0 Å². The Hall–Kier alpha value is -2.44. The van der Waals surface area contributed by atoms with E-state index in [4.69, 9.17) is 0 Å². The molecule has 1 aliphatic heterocycles. The van der Waals surface area contributed by atoms with Crippen molar-refractivity contribution in [3.8, 4) is 11.3 Å². The van der Waals surface area contributed by atoms with E-state index >= 15 is 0 Å². The van der Waals surface area contributed by atoms with Crippen LogP contribution in [0.4, 0.5) is 10.1 Å². The molecule has 136 valence electrons. The van der Waals surface area contributed by atoms with E-state index < -0.39 is 0 Å². The molecule has 26 heavy (non-hydrogen) atoms. The number of aromatic amines is 1. The van der Waals surface area contributed by atoms with Gasteiger partial charge in [-0.2, -0.15) is 5.10 Å². The largest absolute Gasteiger partial charge is 0.367 e. The molecule has 1 fully saturated rings. The van der Waals surface area contributed by atoms with Crippen LogP contribution in [0.25, 0.3) is 11.3 Å². The Kier molecular flexibility index (Phi) is 5.85. The summed E-state index contributed by atoms with van der Waals surface area (Å²) in [5, 5.41) is 6.87. The fraction of sp³-hybridized carbons (Fsp3) is 0.263. The number of rotatable bonds is 4. The third kappa shape index (κ3) is 4.03. The monoisotopic (exact) mass is 373 g/mol. The van der Waals surface area contributed by atoms with Crippen LogP contribution in [0.15, 0.2) is 55.0 Å². The highest BCUT2D eigenvalue weighted by Gasteiger charge is 2.20. The molecule has 0 aliphatic carbocycles. The van der Waals surface area contributed by atoms with Gasteiger partial charge in [0, 0.05) is 56.2 Å². The van der Waals surface area contributed by atoms with Gasteiger partial charge in [0.2, 0.25) is 0 Å². The molecule has 0 spiro atoms. The van der Waals surface area contributed by atoms with Gasteiger partial charge in [0.05, 0.1) is 17.6 Å². The summed E-state index contributed by atoms with van der Waals surface area (Å²) in [6.45, 7) is 4.78. The number of piperazine rings is 1. The third-order valence-corrected chi connectivity index (χ3v) is 4.58. The highest BCUT2D eigenvalue weighted by molar-refractivity contribution is 5.85. The van der Waals surface area contributed by atoms with Crippen molar-refractivity contribution in [3.63, 3.8) is 0 Å². The maximum atomic E-state index is 13.2. The fourth-order valence-corrected chi connectivity index (χ4v) is 3.25. The van der Waals surface area contributed by atoms with Gasteiger partial charge in [-0.05, 0) is 36.4 Å². The number of halogens is 2. The normalized spacial score (nSPS) is 14.9. The standard InChI is InChI=1S/C19H20FN5.ClH/c20-17-5-3-16(4-6-17)19-18(2-1-7-21-19)25-10-8-24(9-11-25)14-15-12-22-23-13-15;/h1-7,12-13H,8-11,14H2,(H,22,23);1H. The molecular formula is C19H21ClFN5. The molecule has 0 bridgehead atoms. The SMILES string of the molecule is Cl.Fc1ccc(-c2ncccc2N2CCN(Cc3cn[nH]c3)CC2)cc1. The summed E-state index contributed by atoms with van der Waals surface area (Å²) in [4.78, 5) is 9.33. The average Bonchev–Trinajstić information content (AvgIpc) is 3.16. The predicted molar refractivity (Wildman–Crippen MR) is 103 cm³/mol. The number of benzene rings is 1. The molecule has 5 nitrogen and oxygen atoms in total. The van der Waals surface area contributed by atoms with E-state index in [0.29, 0.717) is 0 Å². The molecule has 7 heteroatoms. The van der Waals surface area contributed by atoms with Gasteiger partial charge in [-0.1, -0.05) is 0 Å². The Bertz CT molecular complexity index is 814. The summed E-state index contributed by atoms with van der Waals surface area (Å²) in [6.07, 6.45) is 5.61. The van der Waals surface area contributed by atoms with E-state index in [1.807, 2.05) is 18.5 Å². The molecule has 4 rings (SSSR count). The van der Waals surface area contributed by atoms with E-state index in [9.17, 15) is 4.39 Å². The lowest BCUT2D eigenvalue weighted by atomic mass is 10.1. The van der Waals surface area contributed by atoms with Crippen molar-refractivity contribution in [1.29, 1.82) is 0 Å². The number of pyridine rings is 1. The Morgan fingerprint density at radius 1 is 1.04 bits per heavy atom. The zero-order valence-electron chi connectivity index (χ0n) is 14.3. The van der Waals surface area contributed by atoms with Crippen LogP contribution in [0.1, 0.15) is 5.56 Å². The van der Waals surface area contributed by atoms with Gasteiger partial charge in [-0.15, -0.1) is 12.4 Å². The fourth-order valence-electron chi connectivity index (χ4n) is 3.25. The van der Waals surface area contributed by atoms with Crippen molar-refractivity contribution in [2.75, 3.05) is 31.1 Å². The quantitative estimate of drug-likeness (QED) is 0.761. The van der Waals surface area contributed by atoms with Crippen LogP contribution < -0.4 is 4.90 Å². The first-order chi connectivity index (χ1) is 12.3. The Morgan fingerprint density at radius 2 is 1.81 bits per heavy atom. The first kappa shape index (κ1) is 18.4.